The van der Waals surface area contributed by atoms with Crippen LogP contribution in [0, 0.1) is 12.7 Å². The molecule has 30 heavy (non-hydrogen) atoms. The number of ether oxygens (including phenoxy) is 2. The number of aryl methyl sites for hydroxylation is 1. The number of aromatic nitrogens is 1. The molecule has 2 fully saturated rings. The molecule has 0 saturated carbocycles. The SMILES string of the molecule is COc1cc(-c2nc(CN3CCC(N4C[C@@H](C)O[C@@H](C)C4)CC3)c(C)o2)ccc1F. The van der Waals surface area contributed by atoms with Gasteiger partial charge >= 0.3 is 0 Å². The first kappa shape index (κ1) is 21.3. The fourth-order valence-corrected chi connectivity index (χ4v) is 4.66. The molecule has 2 saturated heterocycles. The van der Waals surface area contributed by atoms with Crippen LogP contribution in [0.15, 0.2) is 22.6 Å². The number of methoxy groups -OCH3 is 1. The molecule has 0 N–H and O–H groups in total. The van der Waals surface area contributed by atoms with Gasteiger partial charge in [-0.05, 0) is 51.8 Å². The maximum atomic E-state index is 13.7. The fourth-order valence-electron chi connectivity index (χ4n) is 4.66. The molecule has 0 unspecified atom stereocenters. The lowest BCUT2D eigenvalue weighted by atomic mass is 10.0. The molecule has 0 radical (unpaired) electrons. The van der Waals surface area contributed by atoms with Crippen LogP contribution in [-0.2, 0) is 11.3 Å². The number of benzene rings is 1. The normalized spacial score (nSPS) is 24.3. The van der Waals surface area contributed by atoms with Crippen LogP contribution < -0.4 is 4.74 Å². The zero-order chi connectivity index (χ0) is 21.3. The number of nitrogens with zero attached hydrogens (tertiary/aromatic N) is 3. The van der Waals surface area contributed by atoms with Gasteiger partial charge in [-0.25, -0.2) is 9.37 Å². The van der Waals surface area contributed by atoms with Gasteiger partial charge in [-0.1, -0.05) is 0 Å². The number of rotatable bonds is 5. The molecular weight excluding hydrogens is 385 g/mol. The fraction of sp³-hybridized carbons (Fsp3) is 0.609. The van der Waals surface area contributed by atoms with Gasteiger partial charge in [0.2, 0.25) is 5.89 Å². The van der Waals surface area contributed by atoms with Crippen LogP contribution >= 0.6 is 0 Å². The van der Waals surface area contributed by atoms with Crippen molar-refractivity contribution in [2.45, 2.75) is 58.4 Å². The Morgan fingerprint density at radius 3 is 2.53 bits per heavy atom. The largest absolute Gasteiger partial charge is 0.494 e. The summed E-state index contributed by atoms with van der Waals surface area (Å²) in [4.78, 5) is 9.75. The molecule has 3 heterocycles. The van der Waals surface area contributed by atoms with Crippen molar-refractivity contribution < 1.29 is 18.3 Å². The number of hydrogen-bond acceptors (Lipinski definition) is 6. The van der Waals surface area contributed by atoms with E-state index in [-0.39, 0.29) is 5.75 Å². The highest BCUT2D eigenvalue weighted by molar-refractivity contribution is 5.56. The van der Waals surface area contributed by atoms with Crippen LogP contribution in [0.1, 0.15) is 38.1 Å². The zero-order valence-electron chi connectivity index (χ0n) is 18.4. The lowest BCUT2D eigenvalue weighted by Crippen LogP contribution is -2.53. The van der Waals surface area contributed by atoms with E-state index < -0.39 is 5.82 Å². The Hall–Kier alpha value is -1.96. The van der Waals surface area contributed by atoms with Gasteiger partial charge in [-0.3, -0.25) is 9.80 Å². The number of piperidine rings is 1. The lowest BCUT2D eigenvalue weighted by Gasteiger charge is -2.43. The Morgan fingerprint density at radius 2 is 1.87 bits per heavy atom. The van der Waals surface area contributed by atoms with Crippen molar-refractivity contribution in [3.05, 3.63) is 35.5 Å². The minimum atomic E-state index is -0.392. The predicted octanol–water partition coefficient (Wildman–Crippen LogP) is 3.87. The second kappa shape index (κ2) is 9.04. The Balaban J connectivity index is 1.37. The van der Waals surface area contributed by atoms with Crippen molar-refractivity contribution in [1.29, 1.82) is 0 Å². The summed E-state index contributed by atoms with van der Waals surface area (Å²) in [6.07, 6.45) is 2.96. The average Bonchev–Trinajstić information content (AvgIpc) is 3.08. The van der Waals surface area contributed by atoms with Gasteiger partial charge in [0.25, 0.3) is 0 Å². The quantitative estimate of drug-likeness (QED) is 0.736. The molecule has 2 aliphatic heterocycles. The molecule has 1 aromatic carbocycles. The maximum absolute atomic E-state index is 13.7. The van der Waals surface area contributed by atoms with E-state index in [1.165, 1.54) is 26.0 Å². The zero-order valence-corrected chi connectivity index (χ0v) is 18.4. The van der Waals surface area contributed by atoms with Gasteiger partial charge in [-0.15, -0.1) is 0 Å². The van der Waals surface area contributed by atoms with E-state index in [1.807, 2.05) is 6.92 Å². The molecule has 6 nitrogen and oxygen atoms in total. The maximum Gasteiger partial charge on any atom is 0.226 e. The third kappa shape index (κ3) is 4.68. The Labute approximate surface area is 178 Å². The van der Waals surface area contributed by atoms with Crippen molar-refractivity contribution in [2.75, 3.05) is 33.3 Å². The first-order chi connectivity index (χ1) is 14.4. The van der Waals surface area contributed by atoms with E-state index in [4.69, 9.17) is 18.9 Å². The third-order valence-electron chi connectivity index (χ3n) is 6.19. The summed E-state index contributed by atoms with van der Waals surface area (Å²) in [5.41, 5.74) is 1.66. The summed E-state index contributed by atoms with van der Waals surface area (Å²) >= 11 is 0. The topological polar surface area (TPSA) is 51.0 Å². The lowest BCUT2D eigenvalue weighted by molar-refractivity contribution is -0.0866. The average molecular weight is 418 g/mol. The number of oxazole rings is 1. The molecular formula is C23H32FN3O3. The minimum absolute atomic E-state index is 0.193. The molecule has 0 amide bonds. The second-order valence-corrected chi connectivity index (χ2v) is 8.59. The first-order valence-electron chi connectivity index (χ1n) is 10.8. The van der Waals surface area contributed by atoms with Crippen molar-refractivity contribution in [1.82, 2.24) is 14.8 Å². The molecule has 2 atom stereocenters. The van der Waals surface area contributed by atoms with Crippen molar-refractivity contribution >= 4 is 0 Å². The molecule has 2 aromatic rings. The summed E-state index contributed by atoms with van der Waals surface area (Å²) in [5, 5.41) is 0. The van der Waals surface area contributed by atoms with E-state index >= 15 is 0 Å². The highest BCUT2D eigenvalue weighted by Crippen LogP contribution is 2.28. The number of likely N-dealkylation sites (tertiary alicyclic amines) is 1. The molecule has 0 aliphatic carbocycles. The van der Waals surface area contributed by atoms with Gasteiger partial charge in [0, 0.05) is 44.3 Å². The monoisotopic (exact) mass is 417 g/mol. The Kier molecular flexibility index (Phi) is 6.41. The third-order valence-corrected chi connectivity index (χ3v) is 6.19. The highest BCUT2D eigenvalue weighted by Gasteiger charge is 2.30. The molecule has 0 spiro atoms. The van der Waals surface area contributed by atoms with E-state index in [9.17, 15) is 4.39 Å². The van der Waals surface area contributed by atoms with Crippen LogP contribution in [0.3, 0.4) is 0 Å². The van der Waals surface area contributed by atoms with E-state index in [2.05, 4.69) is 23.6 Å². The summed E-state index contributed by atoms with van der Waals surface area (Å²) in [5.74, 6) is 1.12. The van der Waals surface area contributed by atoms with Crippen LogP contribution in [-0.4, -0.2) is 66.3 Å². The highest BCUT2D eigenvalue weighted by atomic mass is 19.1. The van der Waals surface area contributed by atoms with E-state index in [0.29, 0.717) is 24.1 Å². The standard InChI is InChI=1S/C23H32FN3O3/c1-15-12-27(13-16(2)29-15)19-7-9-26(10-8-19)14-21-17(3)30-23(25-21)18-5-6-20(24)22(11-18)28-4/h5-6,11,15-16,19H,7-10,12-14H2,1-4H3/t15-,16+. The summed E-state index contributed by atoms with van der Waals surface area (Å²) in [7, 11) is 1.45. The van der Waals surface area contributed by atoms with Crippen LogP contribution in [0.2, 0.25) is 0 Å². The Bertz CT molecular complexity index is 853. The van der Waals surface area contributed by atoms with Crippen LogP contribution in [0.4, 0.5) is 4.39 Å². The summed E-state index contributed by atoms with van der Waals surface area (Å²) < 4.78 is 30.5. The van der Waals surface area contributed by atoms with Gasteiger partial charge < -0.3 is 13.9 Å². The van der Waals surface area contributed by atoms with Crippen molar-refractivity contribution in [2.24, 2.45) is 0 Å². The molecule has 4 rings (SSSR count). The van der Waals surface area contributed by atoms with Gasteiger partial charge in [0.15, 0.2) is 11.6 Å². The first-order valence-corrected chi connectivity index (χ1v) is 10.8. The Morgan fingerprint density at radius 1 is 1.17 bits per heavy atom. The molecule has 1 aromatic heterocycles. The molecule has 2 aliphatic rings. The minimum Gasteiger partial charge on any atom is -0.494 e. The van der Waals surface area contributed by atoms with Crippen LogP contribution in [0.5, 0.6) is 5.75 Å². The number of halogens is 1. The smallest absolute Gasteiger partial charge is 0.226 e. The van der Waals surface area contributed by atoms with E-state index in [1.54, 1.807) is 12.1 Å². The molecule has 0 bridgehead atoms. The van der Waals surface area contributed by atoms with Gasteiger partial charge in [-0.2, -0.15) is 0 Å². The number of morpholine rings is 1. The van der Waals surface area contributed by atoms with Crippen LogP contribution in [0.25, 0.3) is 11.5 Å². The van der Waals surface area contributed by atoms with E-state index in [0.717, 1.165) is 49.7 Å². The van der Waals surface area contributed by atoms with Crippen molar-refractivity contribution in [3.63, 3.8) is 0 Å². The predicted molar refractivity (Wildman–Crippen MR) is 113 cm³/mol. The van der Waals surface area contributed by atoms with Crippen molar-refractivity contribution in [3.8, 4) is 17.2 Å². The summed E-state index contributed by atoms with van der Waals surface area (Å²) in [6.45, 7) is 11.2. The van der Waals surface area contributed by atoms with Gasteiger partial charge in [0.05, 0.1) is 25.0 Å². The number of hydrogen-bond donors (Lipinski definition) is 0. The van der Waals surface area contributed by atoms with Gasteiger partial charge in [0.1, 0.15) is 5.76 Å². The second-order valence-electron chi connectivity index (χ2n) is 8.59. The molecule has 164 valence electrons. The summed E-state index contributed by atoms with van der Waals surface area (Å²) in [6, 6.07) is 5.31. The molecule has 7 heteroatoms.